The van der Waals surface area contributed by atoms with Crippen molar-refractivity contribution in [3.8, 4) is 0 Å². The van der Waals surface area contributed by atoms with Gasteiger partial charge in [0.15, 0.2) is 5.78 Å². The molecule has 1 spiro atoms. The van der Waals surface area contributed by atoms with Crippen molar-refractivity contribution in [2.75, 3.05) is 0 Å². The molecular weight excluding hydrogens is 508 g/mol. The number of allylic oxidation sites excluding steroid dienone is 3. The third kappa shape index (κ3) is 11.3. The minimum atomic E-state index is 0.0865. The molecule has 0 N–H and O–H groups in total. The van der Waals surface area contributed by atoms with Gasteiger partial charge < -0.3 is 0 Å². The average molecular weight is 571 g/mol. The van der Waals surface area contributed by atoms with E-state index in [4.69, 9.17) is 0 Å². The fraction of sp³-hybridized carbons (Fsp3) is 0.585. The van der Waals surface area contributed by atoms with Crippen LogP contribution in [0.5, 0.6) is 0 Å². The number of fused-ring (bicyclic) bond motifs is 3. The lowest BCUT2D eigenvalue weighted by molar-refractivity contribution is 0.104. The van der Waals surface area contributed by atoms with Crippen molar-refractivity contribution < 1.29 is 4.79 Å². The highest BCUT2D eigenvalue weighted by Gasteiger charge is 2.43. The number of carbonyl (C=O) groups excluding carboxylic acids is 1. The minimum absolute atomic E-state index is 0.0865. The number of ketones is 1. The molecule has 3 aliphatic carbocycles. The summed E-state index contributed by atoms with van der Waals surface area (Å²) < 4.78 is 0. The summed E-state index contributed by atoms with van der Waals surface area (Å²) in [5, 5.41) is 0. The fourth-order valence-corrected chi connectivity index (χ4v) is 5.22. The van der Waals surface area contributed by atoms with Crippen LogP contribution in [0.1, 0.15) is 150 Å². The summed E-state index contributed by atoms with van der Waals surface area (Å²) >= 11 is 0. The van der Waals surface area contributed by atoms with E-state index >= 15 is 0 Å². The van der Waals surface area contributed by atoms with Crippen molar-refractivity contribution in [3.63, 3.8) is 0 Å². The van der Waals surface area contributed by atoms with Crippen LogP contribution >= 0.6 is 0 Å². The molecule has 0 saturated heterocycles. The van der Waals surface area contributed by atoms with E-state index in [1.807, 2.05) is 30.3 Å². The lowest BCUT2D eigenvalue weighted by atomic mass is 9.56. The van der Waals surface area contributed by atoms with Crippen LogP contribution in [-0.4, -0.2) is 5.78 Å². The Morgan fingerprint density at radius 1 is 0.595 bits per heavy atom. The average Bonchev–Trinajstić information content (AvgIpc) is 2.79. The quantitative estimate of drug-likeness (QED) is 0.308. The van der Waals surface area contributed by atoms with Crippen molar-refractivity contribution >= 4 is 11.9 Å². The van der Waals surface area contributed by atoms with Gasteiger partial charge in [0.2, 0.25) is 0 Å². The summed E-state index contributed by atoms with van der Waals surface area (Å²) in [4.78, 5) is 11.9. The third-order valence-electron chi connectivity index (χ3n) is 7.60. The molecule has 0 radical (unpaired) electrons. The molecule has 0 heterocycles. The topological polar surface area (TPSA) is 17.1 Å². The molecule has 2 aromatic rings. The van der Waals surface area contributed by atoms with Gasteiger partial charge in [0.05, 0.1) is 0 Å². The van der Waals surface area contributed by atoms with Gasteiger partial charge in [-0.15, -0.1) is 0 Å². The van der Waals surface area contributed by atoms with Crippen molar-refractivity contribution in [2.45, 2.75) is 134 Å². The smallest absolute Gasteiger partial charge is 0.186 e. The van der Waals surface area contributed by atoms with Gasteiger partial charge in [0.25, 0.3) is 0 Å². The largest absolute Gasteiger partial charge is 0.289 e. The van der Waals surface area contributed by atoms with Crippen molar-refractivity contribution in [1.29, 1.82) is 0 Å². The first-order chi connectivity index (χ1) is 19.0. The Hall–Kier alpha value is -2.41. The Bertz CT molecular complexity index is 1230. The fourth-order valence-electron chi connectivity index (χ4n) is 5.22. The summed E-state index contributed by atoms with van der Waals surface area (Å²) in [6, 6.07) is 16.9. The Kier molecular flexibility index (Phi) is 11.5. The predicted octanol–water partition coefficient (Wildman–Crippen LogP) is 12.4. The predicted molar refractivity (Wildman–Crippen MR) is 186 cm³/mol. The summed E-state index contributed by atoms with van der Waals surface area (Å²) in [6.07, 6.45) is 10.6. The molecule has 1 fully saturated rings. The van der Waals surface area contributed by atoms with E-state index in [1.165, 1.54) is 36.8 Å². The second-order valence-electron chi connectivity index (χ2n) is 17.9. The Balaban J connectivity index is 0.000000225. The molecule has 3 aliphatic rings. The molecule has 232 valence electrons. The number of benzene rings is 2. The van der Waals surface area contributed by atoms with Gasteiger partial charge in [-0.25, -0.2) is 0 Å². The van der Waals surface area contributed by atoms with E-state index in [2.05, 4.69) is 127 Å². The zero-order chi connectivity index (χ0) is 32.1. The molecule has 0 bridgehead atoms. The van der Waals surface area contributed by atoms with Gasteiger partial charge in [-0.3, -0.25) is 4.79 Å². The standard InChI is InChI=1S/C17H22.C14H16O.2C5H12/c1-16(2,3)14-11-13-7-4-5-8-15(13)17(12-14)9-6-10-17;1-14(2,3)11-8-10-6-4-5-7-12(10)13(15)9-11;2*1-5(2,3)4/h4-5,7-8,11H,6,9-10,12H2,1-3H3;4-7,9H,8H2,1-3H3;2*1-4H3. The van der Waals surface area contributed by atoms with Crippen LogP contribution in [0.25, 0.3) is 6.08 Å². The van der Waals surface area contributed by atoms with Crippen molar-refractivity contribution in [2.24, 2.45) is 21.7 Å². The summed E-state index contributed by atoms with van der Waals surface area (Å²) in [6.45, 7) is 31.0. The van der Waals surface area contributed by atoms with E-state index in [9.17, 15) is 4.79 Å². The molecular formula is C41H62O. The third-order valence-corrected chi connectivity index (χ3v) is 7.60. The molecule has 0 amide bonds. The van der Waals surface area contributed by atoms with E-state index in [0.717, 1.165) is 17.5 Å². The first-order valence-corrected chi connectivity index (χ1v) is 16.1. The van der Waals surface area contributed by atoms with Crippen LogP contribution in [0.15, 0.2) is 65.8 Å². The van der Waals surface area contributed by atoms with E-state index in [1.54, 1.807) is 11.1 Å². The van der Waals surface area contributed by atoms with Crippen LogP contribution < -0.4 is 0 Å². The molecule has 2 aromatic carbocycles. The van der Waals surface area contributed by atoms with E-state index in [-0.39, 0.29) is 11.2 Å². The monoisotopic (exact) mass is 570 g/mol. The Morgan fingerprint density at radius 2 is 1.07 bits per heavy atom. The Morgan fingerprint density at radius 3 is 1.55 bits per heavy atom. The molecule has 1 nitrogen and oxygen atoms in total. The molecule has 1 heteroatoms. The van der Waals surface area contributed by atoms with Crippen LogP contribution in [0.2, 0.25) is 0 Å². The van der Waals surface area contributed by atoms with Crippen LogP contribution in [0.3, 0.4) is 0 Å². The minimum Gasteiger partial charge on any atom is -0.289 e. The normalized spacial score (nSPS) is 17.3. The van der Waals surface area contributed by atoms with Gasteiger partial charge in [0, 0.05) is 5.56 Å². The first-order valence-electron chi connectivity index (χ1n) is 16.1. The molecule has 0 atom stereocenters. The van der Waals surface area contributed by atoms with Gasteiger partial charge >= 0.3 is 0 Å². The SMILES string of the molecule is CC(C)(C)C.CC(C)(C)C.CC(C)(C)C1=CC(=O)c2ccccc2C1.CC(C)(C)C1=Cc2ccccc2C2(CCC2)C1. The van der Waals surface area contributed by atoms with Crippen molar-refractivity contribution in [3.05, 3.63) is 88.0 Å². The maximum atomic E-state index is 11.9. The number of hydrogen-bond acceptors (Lipinski definition) is 1. The zero-order valence-electron chi connectivity index (χ0n) is 29.7. The van der Waals surface area contributed by atoms with Gasteiger partial charge in [-0.05, 0) is 75.5 Å². The maximum absolute atomic E-state index is 11.9. The molecule has 5 rings (SSSR count). The lowest BCUT2D eigenvalue weighted by Gasteiger charge is -2.48. The highest BCUT2D eigenvalue weighted by Crippen LogP contribution is 2.54. The molecule has 42 heavy (non-hydrogen) atoms. The van der Waals surface area contributed by atoms with E-state index < -0.39 is 0 Å². The second-order valence-corrected chi connectivity index (χ2v) is 17.9. The number of carbonyl (C=O) groups is 1. The number of hydrogen-bond donors (Lipinski definition) is 0. The van der Waals surface area contributed by atoms with Crippen molar-refractivity contribution in [1.82, 2.24) is 0 Å². The first kappa shape index (κ1) is 35.8. The zero-order valence-corrected chi connectivity index (χ0v) is 29.7. The van der Waals surface area contributed by atoms with Gasteiger partial charge in [-0.2, -0.15) is 0 Å². The summed E-state index contributed by atoms with van der Waals surface area (Å²) in [7, 11) is 0. The summed E-state index contributed by atoms with van der Waals surface area (Å²) in [5.74, 6) is 0.154. The van der Waals surface area contributed by atoms with Crippen LogP contribution in [-0.2, 0) is 11.8 Å². The Labute approximate surface area is 260 Å². The van der Waals surface area contributed by atoms with Gasteiger partial charge in [0.1, 0.15) is 0 Å². The summed E-state index contributed by atoms with van der Waals surface area (Å²) in [5.41, 5.74) is 9.87. The van der Waals surface area contributed by atoms with Crippen LogP contribution in [0, 0.1) is 21.7 Å². The molecule has 0 unspecified atom stereocenters. The maximum Gasteiger partial charge on any atom is 0.186 e. The van der Waals surface area contributed by atoms with Crippen LogP contribution in [0.4, 0.5) is 0 Å². The highest BCUT2D eigenvalue weighted by atomic mass is 16.1. The lowest BCUT2D eigenvalue weighted by Crippen LogP contribution is -2.38. The van der Waals surface area contributed by atoms with Gasteiger partial charge in [-0.1, -0.05) is 169 Å². The molecule has 1 saturated carbocycles. The number of rotatable bonds is 0. The highest BCUT2D eigenvalue weighted by molar-refractivity contribution is 6.07. The molecule has 0 aliphatic heterocycles. The second kappa shape index (κ2) is 13.5. The molecule has 0 aromatic heterocycles. The van der Waals surface area contributed by atoms with E-state index in [0.29, 0.717) is 21.7 Å².